The van der Waals surface area contributed by atoms with E-state index in [0.29, 0.717) is 11.7 Å². The Morgan fingerprint density at radius 3 is 2.54 bits per heavy atom. The third-order valence-electron chi connectivity index (χ3n) is 3.63. The van der Waals surface area contributed by atoms with Gasteiger partial charge in [-0.3, -0.25) is 4.79 Å². The molecule has 0 spiro atoms. The van der Waals surface area contributed by atoms with Crippen LogP contribution < -0.4 is 0 Å². The van der Waals surface area contributed by atoms with Gasteiger partial charge in [0.25, 0.3) is 0 Å². The first kappa shape index (κ1) is 7.31. The summed E-state index contributed by atoms with van der Waals surface area (Å²) in [5.74, 6) is 0.860. The van der Waals surface area contributed by atoms with Crippen molar-refractivity contribution in [2.75, 3.05) is 0 Å². The molecule has 1 nitrogen and oxygen atoms in total. The summed E-state index contributed by atoms with van der Waals surface area (Å²) in [7, 11) is 0. The first-order valence-corrected chi connectivity index (χ1v) is 4.91. The SMILES string of the molecule is O=C1CC[C@]2(c3ccccc3)C[C@H]12. The van der Waals surface area contributed by atoms with Crippen LogP contribution in [0.3, 0.4) is 0 Å². The topological polar surface area (TPSA) is 17.1 Å². The van der Waals surface area contributed by atoms with Crippen LogP contribution in [0.2, 0.25) is 0 Å². The molecule has 0 saturated heterocycles. The van der Waals surface area contributed by atoms with Crippen molar-refractivity contribution in [2.45, 2.75) is 24.7 Å². The second kappa shape index (κ2) is 2.22. The van der Waals surface area contributed by atoms with Crippen LogP contribution in [0.1, 0.15) is 24.8 Å². The van der Waals surface area contributed by atoms with Crippen LogP contribution in [-0.2, 0) is 10.2 Å². The van der Waals surface area contributed by atoms with Crippen molar-refractivity contribution in [2.24, 2.45) is 5.92 Å². The van der Waals surface area contributed by atoms with Crippen LogP contribution in [0.4, 0.5) is 0 Å². The highest BCUT2D eigenvalue weighted by molar-refractivity contribution is 5.89. The smallest absolute Gasteiger partial charge is 0.136 e. The van der Waals surface area contributed by atoms with E-state index in [-0.39, 0.29) is 5.41 Å². The lowest BCUT2D eigenvalue weighted by Gasteiger charge is -2.10. The van der Waals surface area contributed by atoms with Gasteiger partial charge in [-0.15, -0.1) is 0 Å². The Balaban J connectivity index is 2.01. The first-order valence-electron chi connectivity index (χ1n) is 4.91. The average molecular weight is 172 g/mol. The predicted molar refractivity (Wildman–Crippen MR) is 50.5 cm³/mol. The van der Waals surface area contributed by atoms with E-state index in [0.717, 1.165) is 19.3 Å². The molecule has 2 atom stereocenters. The van der Waals surface area contributed by atoms with E-state index in [4.69, 9.17) is 0 Å². The number of hydrogen-bond donors (Lipinski definition) is 0. The quantitative estimate of drug-likeness (QED) is 0.635. The number of carbonyl (C=O) groups is 1. The molecule has 0 amide bonds. The van der Waals surface area contributed by atoms with Gasteiger partial charge >= 0.3 is 0 Å². The van der Waals surface area contributed by atoms with Crippen molar-refractivity contribution < 1.29 is 4.79 Å². The number of benzene rings is 1. The van der Waals surface area contributed by atoms with Gasteiger partial charge in [0.05, 0.1) is 0 Å². The fraction of sp³-hybridized carbons (Fsp3) is 0.417. The molecular weight excluding hydrogens is 160 g/mol. The van der Waals surface area contributed by atoms with Crippen LogP contribution >= 0.6 is 0 Å². The molecular formula is C12H12O. The molecule has 2 aliphatic rings. The number of ketones is 1. The Morgan fingerprint density at radius 1 is 1.23 bits per heavy atom. The van der Waals surface area contributed by atoms with Gasteiger partial charge < -0.3 is 0 Å². The van der Waals surface area contributed by atoms with E-state index in [1.54, 1.807) is 0 Å². The average Bonchev–Trinajstić information content (AvgIpc) is 2.85. The Hall–Kier alpha value is -1.11. The van der Waals surface area contributed by atoms with Crippen LogP contribution in [0.15, 0.2) is 30.3 Å². The van der Waals surface area contributed by atoms with Crippen LogP contribution in [0.5, 0.6) is 0 Å². The lowest BCUT2D eigenvalue weighted by molar-refractivity contribution is -0.119. The molecule has 2 fully saturated rings. The Kier molecular flexibility index (Phi) is 1.25. The molecule has 0 N–H and O–H groups in total. The van der Waals surface area contributed by atoms with Gasteiger partial charge in [0.1, 0.15) is 5.78 Å². The molecule has 0 heterocycles. The zero-order valence-corrected chi connectivity index (χ0v) is 7.49. The molecule has 0 aliphatic heterocycles. The summed E-state index contributed by atoms with van der Waals surface area (Å²) in [6.45, 7) is 0. The fourth-order valence-electron chi connectivity index (χ4n) is 2.76. The molecule has 1 aromatic rings. The molecule has 0 radical (unpaired) electrons. The zero-order valence-electron chi connectivity index (χ0n) is 7.49. The number of fused-ring (bicyclic) bond motifs is 1. The summed E-state index contributed by atoms with van der Waals surface area (Å²) < 4.78 is 0. The van der Waals surface area contributed by atoms with E-state index >= 15 is 0 Å². The minimum Gasteiger partial charge on any atom is -0.299 e. The highest BCUT2D eigenvalue weighted by Gasteiger charge is 2.62. The van der Waals surface area contributed by atoms with Crippen molar-refractivity contribution in [3.05, 3.63) is 35.9 Å². The largest absolute Gasteiger partial charge is 0.299 e. The molecule has 66 valence electrons. The van der Waals surface area contributed by atoms with Crippen molar-refractivity contribution in [3.63, 3.8) is 0 Å². The van der Waals surface area contributed by atoms with Crippen LogP contribution in [0, 0.1) is 5.92 Å². The third kappa shape index (κ3) is 0.846. The lowest BCUT2D eigenvalue weighted by Crippen LogP contribution is -2.04. The molecule has 2 saturated carbocycles. The van der Waals surface area contributed by atoms with E-state index in [1.165, 1.54) is 5.56 Å². The van der Waals surface area contributed by atoms with Gasteiger partial charge in [0.15, 0.2) is 0 Å². The maximum atomic E-state index is 11.4. The second-order valence-corrected chi connectivity index (χ2v) is 4.25. The van der Waals surface area contributed by atoms with Crippen molar-refractivity contribution in [3.8, 4) is 0 Å². The molecule has 1 heteroatoms. The van der Waals surface area contributed by atoms with Gasteiger partial charge in [0, 0.05) is 17.8 Å². The molecule has 1 aromatic carbocycles. The number of Topliss-reactive ketones (excluding diaryl/α,β-unsaturated/α-hetero) is 1. The van der Waals surface area contributed by atoms with E-state index in [1.807, 2.05) is 6.07 Å². The van der Waals surface area contributed by atoms with Crippen LogP contribution in [0.25, 0.3) is 0 Å². The lowest BCUT2D eigenvalue weighted by atomic mass is 9.94. The van der Waals surface area contributed by atoms with E-state index in [2.05, 4.69) is 24.3 Å². The normalized spacial score (nSPS) is 36.0. The molecule has 13 heavy (non-hydrogen) atoms. The molecule has 3 rings (SSSR count). The highest BCUT2D eigenvalue weighted by Crippen LogP contribution is 2.62. The molecule has 0 unspecified atom stereocenters. The monoisotopic (exact) mass is 172 g/mol. The summed E-state index contributed by atoms with van der Waals surface area (Å²) in [6.07, 6.45) is 3.00. The zero-order chi connectivity index (χ0) is 8.89. The maximum absolute atomic E-state index is 11.4. The summed E-state index contributed by atoms with van der Waals surface area (Å²) in [4.78, 5) is 11.4. The van der Waals surface area contributed by atoms with E-state index < -0.39 is 0 Å². The first-order chi connectivity index (χ1) is 6.33. The van der Waals surface area contributed by atoms with Gasteiger partial charge in [0.2, 0.25) is 0 Å². The Morgan fingerprint density at radius 2 is 2.00 bits per heavy atom. The maximum Gasteiger partial charge on any atom is 0.136 e. The van der Waals surface area contributed by atoms with Gasteiger partial charge in [-0.2, -0.15) is 0 Å². The summed E-state index contributed by atoms with van der Waals surface area (Å²) >= 11 is 0. The van der Waals surface area contributed by atoms with Crippen LogP contribution in [-0.4, -0.2) is 5.78 Å². The van der Waals surface area contributed by atoms with Crippen molar-refractivity contribution in [1.29, 1.82) is 0 Å². The third-order valence-corrected chi connectivity index (χ3v) is 3.63. The van der Waals surface area contributed by atoms with Crippen molar-refractivity contribution >= 4 is 5.78 Å². The Bertz CT molecular complexity index is 355. The molecule has 2 aliphatic carbocycles. The predicted octanol–water partition coefficient (Wildman–Crippen LogP) is 2.31. The van der Waals surface area contributed by atoms with Gasteiger partial charge in [-0.25, -0.2) is 0 Å². The standard InChI is InChI=1S/C12H12O/c13-11-6-7-12(8-10(11)12)9-4-2-1-3-5-9/h1-5,10H,6-8H2/t10-,12-/m1/s1. The number of carbonyl (C=O) groups excluding carboxylic acids is 1. The fourth-order valence-corrected chi connectivity index (χ4v) is 2.76. The molecule has 0 bridgehead atoms. The summed E-state index contributed by atoms with van der Waals surface area (Å²) in [5, 5.41) is 0. The second-order valence-electron chi connectivity index (χ2n) is 4.25. The summed E-state index contributed by atoms with van der Waals surface area (Å²) in [6, 6.07) is 10.5. The minimum atomic E-state index is 0.276. The van der Waals surface area contributed by atoms with E-state index in [9.17, 15) is 4.79 Å². The minimum absolute atomic E-state index is 0.276. The van der Waals surface area contributed by atoms with Gasteiger partial charge in [-0.05, 0) is 18.4 Å². The highest BCUT2D eigenvalue weighted by atomic mass is 16.1. The Labute approximate surface area is 77.8 Å². The van der Waals surface area contributed by atoms with Gasteiger partial charge in [-0.1, -0.05) is 30.3 Å². The number of hydrogen-bond acceptors (Lipinski definition) is 1. The molecule has 0 aromatic heterocycles. The summed E-state index contributed by atoms with van der Waals surface area (Å²) in [5.41, 5.74) is 1.66. The van der Waals surface area contributed by atoms with Crippen molar-refractivity contribution in [1.82, 2.24) is 0 Å². The number of rotatable bonds is 1.